The van der Waals surface area contributed by atoms with Gasteiger partial charge in [-0.15, -0.1) is 13.2 Å². The van der Waals surface area contributed by atoms with Gasteiger partial charge in [0, 0.05) is 25.7 Å². The molecule has 0 aliphatic rings. The molecule has 0 aliphatic heterocycles. The van der Waals surface area contributed by atoms with Gasteiger partial charge in [0.25, 0.3) is 0 Å². The van der Waals surface area contributed by atoms with Crippen LogP contribution in [-0.4, -0.2) is 25.9 Å². The van der Waals surface area contributed by atoms with Gasteiger partial charge < -0.3 is 9.47 Å². The molecule has 106 valence electrons. The molecule has 0 fully saturated rings. The molecule has 1 aromatic rings. The molecule has 1 unspecified atom stereocenters. The Morgan fingerprint density at radius 2 is 2.05 bits per heavy atom. The lowest BCUT2D eigenvalue weighted by molar-refractivity contribution is -0.274. The molecule has 6 heteroatoms. The van der Waals surface area contributed by atoms with Crippen LogP contribution in [0.15, 0.2) is 24.3 Å². The standard InChI is InChI=1S/C13H15F3O3/c1-9(8-18-2)6-12(17)10-4-3-5-11(7-10)19-13(14,15)16/h3-5,7,9H,6,8H2,1-2H3. The van der Waals surface area contributed by atoms with Gasteiger partial charge in [0.05, 0.1) is 0 Å². The molecule has 0 radical (unpaired) electrons. The van der Waals surface area contributed by atoms with Crippen molar-refractivity contribution in [2.45, 2.75) is 19.7 Å². The van der Waals surface area contributed by atoms with Crippen molar-refractivity contribution >= 4 is 5.78 Å². The molecule has 0 N–H and O–H groups in total. The van der Waals surface area contributed by atoms with E-state index in [1.165, 1.54) is 19.2 Å². The van der Waals surface area contributed by atoms with Gasteiger partial charge in [-0.05, 0) is 18.1 Å². The summed E-state index contributed by atoms with van der Waals surface area (Å²) in [5, 5.41) is 0. The second kappa shape index (κ2) is 6.56. The summed E-state index contributed by atoms with van der Waals surface area (Å²) in [6.07, 6.45) is -4.55. The first-order valence-electron chi connectivity index (χ1n) is 5.70. The maximum Gasteiger partial charge on any atom is 0.573 e. The number of hydrogen-bond donors (Lipinski definition) is 0. The lowest BCUT2D eigenvalue weighted by Gasteiger charge is -2.11. The molecule has 3 nitrogen and oxygen atoms in total. The highest BCUT2D eigenvalue weighted by Gasteiger charge is 2.31. The number of Topliss-reactive ketones (excluding diaryl/α,β-unsaturated/α-hetero) is 1. The molecule has 0 aliphatic carbocycles. The maximum atomic E-state index is 12.1. The van der Waals surface area contributed by atoms with E-state index in [0.29, 0.717) is 6.61 Å². The Kier molecular flexibility index (Phi) is 5.35. The molecule has 1 rings (SSSR count). The fourth-order valence-corrected chi connectivity index (χ4v) is 1.64. The predicted octanol–water partition coefficient (Wildman–Crippen LogP) is 3.44. The zero-order valence-electron chi connectivity index (χ0n) is 10.7. The minimum Gasteiger partial charge on any atom is -0.406 e. The van der Waals surface area contributed by atoms with Gasteiger partial charge in [0.2, 0.25) is 0 Å². The molecule has 0 saturated carbocycles. The van der Waals surface area contributed by atoms with Gasteiger partial charge in [-0.25, -0.2) is 0 Å². The minimum absolute atomic E-state index is 0.00434. The quantitative estimate of drug-likeness (QED) is 0.747. The highest BCUT2D eigenvalue weighted by molar-refractivity contribution is 5.96. The predicted molar refractivity (Wildman–Crippen MR) is 63.1 cm³/mol. The summed E-state index contributed by atoms with van der Waals surface area (Å²) in [6.45, 7) is 2.25. The molecular weight excluding hydrogens is 261 g/mol. The Labute approximate surface area is 109 Å². The Balaban J connectivity index is 2.73. The molecule has 0 amide bonds. The van der Waals surface area contributed by atoms with Crippen LogP contribution in [0.3, 0.4) is 0 Å². The lowest BCUT2D eigenvalue weighted by atomic mass is 10.0. The van der Waals surface area contributed by atoms with Crippen LogP contribution >= 0.6 is 0 Å². The zero-order valence-corrected chi connectivity index (χ0v) is 10.7. The van der Waals surface area contributed by atoms with Crippen LogP contribution in [0.5, 0.6) is 5.75 Å². The summed E-state index contributed by atoms with van der Waals surface area (Å²) < 4.78 is 44.9. The van der Waals surface area contributed by atoms with Gasteiger partial charge >= 0.3 is 6.36 Å². The monoisotopic (exact) mass is 276 g/mol. The van der Waals surface area contributed by atoms with E-state index in [0.717, 1.165) is 12.1 Å². The van der Waals surface area contributed by atoms with E-state index in [2.05, 4.69) is 4.74 Å². The number of ether oxygens (including phenoxy) is 2. The van der Waals surface area contributed by atoms with Crippen molar-refractivity contribution in [2.24, 2.45) is 5.92 Å². The van der Waals surface area contributed by atoms with Crippen LogP contribution in [0.1, 0.15) is 23.7 Å². The van der Waals surface area contributed by atoms with Crippen LogP contribution in [0.2, 0.25) is 0 Å². The largest absolute Gasteiger partial charge is 0.573 e. The Morgan fingerprint density at radius 3 is 2.63 bits per heavy atom. The number of halogens is 3. The van der Waals surface area contributed by atoms with E-state index >= 15 is 0 Å². The Morgan fingerprint density at radius 1 is 1.37 bits per heavy atom. The summed E-state index contributed by atoms with van der Waals surface area (Å²) in [4.78, 5) is 11.9. The molecule has 0 bridgehead atoms. The number of hydrogen-bond acceptors (Lipinski definition) is 3. The summed E-state index contributed by atoms with van der Waals surface area (Å²) >= 11 is 0. The smallest absolute Gasteiger partial charge is 0.406 e. The summed E-state index contributed by atoms with van der Waals surface area (Å²) in [5.74, 6) is -0.625. The number of carbonyl (C=O) groups excluding carboxylic acids is 1. The van der Waals surface area contributed by atoms with E-state index in [1.807, 2.05) is 6.92 Å². The van der Waals surface area contributed by atoms with Gasteiger partial charge in [0.15, 0.2) is 5.78 Å². The third-order valence-corrected chi connectivity index (χ3v) is 2.37. The lowest BCUT2D eigenvalue weighted by Crippen LogP contribution is -2.17. The van der Waals surface area contributed by atoms with Crippen molar-refractivity contribution < 1.29 is 27.4 Å². The van der Waals surface area contributed by atoms with Crippen LogP contribution in [-0.2, 0) is 4.74 Å². The first-order valence-corrected chi connectivity index (χ1v) is 5.70. The van der Waals surface area contributed by atoms with Gasteiger partial charge in [-0.1, -0.05) is 19.1 Å². The second-order valence-electron chi connectivity index (χ2n) is 4.26. The van der Waals surface area contributed by atoms with E-state index in [-0.39, 0.29) is 23.7 Å². The highest BCUT2D eigenvalue weighted by Crippen LogP contribution is 2.24. The van der Waals surface area contributed by atoms with Gasteiger partial charge in [0.1, 0.15) is 5.75 Å². The molecule has 1 atom stereocenters. The van der Waals surface area contributed by atoms with Gasteiger partial charge in [-0.2, -0.15) is 0 Å². The number of methoxy groups -OCH3 is 1. The molecule has 0 saturated heterocycles. The number of benzene rings is 1. The average molecular weight is 276 g/mol. The normalized spacial score (nSPS) is 13.1. The first kappa shape index (κ1) is 15.5. The van der Waals surface area contributed by atoms with E-state index < -0.39 is 12.1 Å². The zero-order chi connectivity index (χ0) is 14.5. The average Bonchev–Trinajstić information content (AvgIpc) is 2.27. The van der Waals surface area contributed by atoms with Crippen molar-refractivity contribution in [1.82, 2.24) is 0 Å². The molecule has 0 spiro atoms. The van der Waals surface area contributed by atoms with Crippen LogP contribution in [0.4, 0.5) is 13.2 Å². The molecule has 1 aromatic carbocycles. The number of ketones is 1. The van der Waals surface area contributed by atoms with Crippen molar-refractivity contribution in [2.75, 3.05) is 13.7 Å². The molecular formula is C13H15F3O3. The van der Waals surface area contributed by atoms with Gasteiger partial charge in [-0.3, -0.25) is 4.79 Å². The third-order valence-electron chi connectivity index (χ3n) is 2.37. The number of carbonyl (C=O) groups is 1. The van der Waals surface area contributed by atoms with E-state index in [4.69, 9.17) is 4.74 Å². The molecule has 19 heavy (non-hydrogen) atoms. The number of rotatable bonds is 6. The third kappa shape index (κ3) is 5.74. The molecule has 0 heterocycles. The topological polar surface area (TPSA) is 35.5 Å². The van der Waals surface area contributed by atoms with Crippen molar-refractivity contribution in [3.05, 3.63) is 29.8 Å². The fourth-order valence-electron chi connectivity index (χ4n) is 1.64. The van der Waals surface area contributed by atoms with Crippen molar-refractivity contribution in [1.29, 1.82) is 0 Å². The number of alkyl halides is 3. The van der Waals surface area contributed by atoms with Crippen LogP contribution in [0.25, 0.3) is 0 Å². The minimum atomic E-state index is -4.76. The maximum absolute atomic E-state index is 12.1. The highest BCUT2D eigenvalue weighted by atomic mass is 19.4. The summed E-state index contributed by atoms with van der Waals surface area (Å²) in [5.41, 5.74) is 0.199. The fraction of sp³-hybridized carbons (Fsp3) is 0.462. The first-order chi connectivity index (χ1) is 8.81. The van der Waals surface area contributed by atoms with Crippen molar-refractivity contribution in [3.8, 4) is 5.75 Å². The molecule has 0 aromatic heterocycles. The Bertz CT molecular complexity index is 429. The van der Waals surface area contributed by atoms with Crippen LogP contribution in [0, 0.1) is 5.92 Å². The van der Waals surface area contributed by atoms with Crippen molar-refractivity contribution in [3.63, 3.8) is 0 Å². The Hall–Kier alpha value is -1.56. The summed E-state index contributed by atoms with van der Waals surface area (Å²) in [7, 11) is 1.53. The van der Waals surface area contributed by atoms with Crippen LogP contribution < -0.4 is 4.74 Å². The summed E-state index contributed by atoms with van der Waals surface area (Å²) in [6, 6.07) is 5.07. The SMILES string of the molecule is COCC(C)CC(=O)c1cccc(OC(F)(F)F)c1. The van der Waals surface area contributed by atoms with E-state index in [9.17, 15) is 18.0 Å². The second-order valence-corrected chi connectivity index (χ2v) is 4.26. The van der Waals surface area contributed by atoms with E-state index in [1.54, 1.807) is 0 Å².